The predicted molar refractivity (Wildman–Crippen MR) is 87.0 cm³/mol. The van der Waals surface area contributed by atoms with E-state index in [9.17, 15) is 6.18 Å². The molecule has 0 N–H and O–H groups in total. The minimum atomic E-state index is -2.50. The van der Waals surface area contributed by atoms with Crippen LogP contribution in [0.15, 0.2) is 24.3 Å². The fourth-order valence-corrected chi connectivity index (χ4v) is 4.30. The van der Waals surface area contributed by atoms with E-state index in [1.54, 1.807) is 33.4 Å². The van der Waals surface area contributed by atoms with Crippen molar-refractivity contribution in [2.45, 2.75) is 64.2 Å². The van der Waals surface area contributed by atoms with Crippen molar-refractivity contribution in [2.24, 2.45) is 0 Å². The Kier molecular flexibility index (Phi) is 6.24. The van der Waals surface area contributed by atoms with Gasteiger partial charge in [-0.1, -0.05) is 64.2 Å². The van der Waals surface area contributed by atoms with Crippen LogP contribution in [0.2, 0.25) is 0 Å². The molecule has 2 aliphatic carbocycles. The maximum absolute atomic E-state index is 9.75. The molecule has 23 heavy (non-hydrogen) atoms. The van der Waals surface area contributed by atoms with Gasteiger partial charge in [-0.15, -0.1) is 0 Å². The number of aryl methyl sites for hydroxylation is 4. The van der Waals surface area contributed by atoms with Crippen molar-refractivity contribution in [3.8, 4) is 0 Å². The molecule has 2 aromatic carbocycles. The Balaban J connectivity index is 0.000000485. The average Bonchev–Trinajstić information content (AvgIpc) is 3.18. The summed E-state index contributed by atoms with van der Waals surface area (Å²) < 4.78 is 19.5. The number of fused-ring (bicyclic) bond motifs is 2. The zero-order valence-corrected chi connectivity index (χ0v) is 15.2. The molecule has 2 aliphatic rings. The topological polar surface area (TPSA) is 0 Å². The Labute approximate surface area is 148 Å². The molecule has 0 saturated heterocycles. The van der Waals surface area contributed by atoms with Gasteiger partial charge in [-0.25, -0.2) is 12.1 Å². The molecule has 0 heterocycles. The molecule has 3 heteroatoms. The first-order valence-corrected chi connectivity index (χ1v) is 10.0. The smallest absolute Gasteiger partial charge is 0.0509 e. The van der Waals surface area contributed by atoms with E-state index in [4.69, 9.17) is 0 Å². The van der Waals surface area contributed by atoms with Crippen molar-refractivity contribution in [3.63, 3.8) is 0 Å². The fourth-order valence-electron chi connectivity index (χ4n) is 4.30. The summed E-state index contributed by atoms with van der Waals surface area (Å²) in [5, 5.41) is 0. The minimum absolute atomic E-state index is 1.26. The monoisotopic (exact) mass is 350 g/mol. The van der Waals surface area contributed by atoms with Crippen molar-refractivity contribution in [1.29, 1.82) is 0 Å². The van der Waals surface area contributed by atoms with E-state index in [2.05, 4.69) is 24.3 Å². The summed E-state index contributed by atoms with van der Waals surface area (Å²) in [7, 11) is 0. The van der Waals surface area contributed by atoms with E-state index in [0.717, 1.165) is 0 Å². The molecule has 0 spiro atoms. The second-order valence-electron chi connectivity index (χ2n) is 6.71. The largest absolute Gasteiger partial charge is 0.210 e. The van der Waals surface area contributed by atoms with Gasteiger partial charge in [0.15, 0.2) is 0 Å². The number of halogens is 2. The molecule has 4 rings (SSSR count). The van der Waals surface area contributed by atoms with E-state index < -0.39 is 20.2 Å². The van der Waals surface area contributed by atoms with E-state index in [-0.39, 0.29) is 0 Å². The van der Waals surface area contributed by atoms with Gasteiger partial charge in [0.1, 0.15) is 0 Å². The molecule has 0 saturated carbocycles. The molecule has 0 atom stereocenters. The molecule has 0 aliphatic heterocycles. The van der Waals surface area contributed by atoms with E-state index in [0.29, 0.717) is 0 Å². The third-order valence-corrected chi connectivity index (χ3v) is 5.43. The van der Waals surface area contributed by atoms with Crippen LogP contribution in [-0.4, -0.2) is 0 Å². The molecule has 124 valence electrons. The fraction of sp³-hybridized carbons (Fsp3) is 0.500. The van der Waals surface area contributed by atoms with Crippen LogP contribution in [-0.2, 0) is 58.7 Å². The third-order valence-electron chi connectivity index (χ3n) is 5.43. The van der Waals surface area contributed by atoms with Crippen LogP contribution < -0.4 is 0 Å². The van der Waals surface area contributed by atoms with Crippen molar-refractivity contribution in [1.82, 2.24) is 0 Å². The minimum Gasteiger partial charge on any atom is -0.210 e. The van der Waals surface area contributed by atoms with Gasteiger partial charge in [-0.3, -0.25) is 0 Å². The van der Waals surface area contributed by atoms with Gasteiger partial charge < -0.3 is 0 Å². The molecule has 2 aromatic rings. The Hall–Kier alpha value is -0.726. The molecular formula is C20H24F2Ti-2. The maximum Gasteiger partial charge on any atom is -0.0509 e. The Morgan fingerprint density at radius 1 is 0.783 bits per heavy atom. The van der Waals surface area contributed by atoms with Gasteiger partial charge in [0.05, 0.1) is 0 Å². The van der Waals surface area contributed by atoms with Crippen molar-refractivity contribution in [3.05, 3.63) is 57.6 Å². The molecule has 0 radical (unpaired) electrons. The van der Waals surface area contributed by atoms with Crippen molar-refractivity contribution < 1.29 is 26.4 Å². The zero-order chi connectivity index (χ0) is 16.1. The summed E-state index contributed by atoms with van der Waals surface area (Å²) in [5.74, 6) is 0. The first kappa shape index (κ1) is 17.1. The number of rotatable bonds is 3. The Morgan fingerprint density at radius 2 is 1.22 bits per heavy atom. The van der Waals surface area contributed by atoms with Gasteiger partial charge in [-0.2, -0.15) is 45.5 Å². The molecule has 0 bridgehead atoms. The van der Waals surface area contributed by atoms with Crippen LogP contribution in [0.5, 0.6) is 0 Å². The summed E-state index contributed by atoms with van der Waals surface area (Å²) in [6.45, 7) is 0. The molecule has 0 unspecified atom stereocenters. The predicted octanol–water partition coefficient (Wildman–Crippen LogP) is 5.51. The van der Waals surface area contributed by atoms with E-state index in [1.807, 2.05) is 0 Å². The summed E-state index contributed by atoms with van der Waals surface area (Å²) >= 11 is -2.50. The number of hydrogen-bond acceptors (Lipinski definition) is 0. The average molecular weight is 350 g/mol. The van der Waals surface area contributed by atoms with E-state index in [1.165, 1.54) is 64.2 Å². The Bertz CT molecular complexity index is 569. The maximum atomic E-state index is 9.75. The van der Waals surface area contributed by atoms with Crippen LogP contribution in [0.25, 0.3) is 0 Å². The zero-order valence-electron chi connectivity index (χ0n) is 13.6. The van der Waals surface area contributed by atoms with Gasteiger partial charge in [0.2, 0.25) is 0 Å². The van der Waals surface area contributed by atoms with Gasteiger partial charge in [-0.05, 0) is 0 Å². The second kappa shape index (κ2) is 8.40. The van der Waals surface area contributed by atoms with Crippen LogP contribution in [0.1, 0.15) is 59.1 Å². The molecule has 0 amide bonds. The Morgan fingerprint density at radius 3 is 1.65 bits per heavy atom. The summed E-state index contributed by atoms with van der Waals surface area (Å²) in [6.07, 6.45) is 13.4. The second-order valence-corrected chi connectivity index (χ2v) is 6.93. The van der Waals surface area contributed by atoms with Crippen LogP contribution in [0, 0.1) is 0 Å². The molecule has 0 nitrogen and oxygen atoms in total. The number of hydrogen-bond donors (Lipinski definition) is 0. The van der Waals surface area contributed by atoms with E-state index >= 15 is 0 Å². The summed E-state index contributed by atoms with van der Waals surface area (Å²) in [5.41, 5.74) is 10.00. The van der Waals surface area contributed by atoms with Gasteiger partial charge >= 0.3 is 26.4 Å². The van der Waals surface area contributed by atoms with Crippen LogP contribution >= 0.6 is 0 Å². The third kappa shape index (κ3) is 4.03. The van der Waals surface area contributed by atoms with Crippen LogP contribution in [0.3, 0.4) is 0 Å². The normalized spacial score (nSPS) is 16.1. The molecule has 0 fully saturated rings. The first-order chi connectivity index (χ1) is 11.3. The van der Waals surface area contributed by atoms with Crippen molar-refractivity contribution in [2.75, 3.05) is 0 Å². The SMILES string of the molecule is [F][Ti][F].c1c[c-]2c(c1CCc1cc[c-]3c1CCCC3)CCCC2. The first-order valence-electron chi connectivity index (χ1n) is 8.82. The van der Waals surface area contributed by atoms with Gasteiger partial charge in [0.25, 0.3) is 0 Å². The quantitative estimate of drug-likeness (QED) is 0.506. The van der Waals surface area contributed by atoms with Crippen LogP contribution in [0.4, 0.5) is 6.18 Å². The van der Waals surface area contributed by atoms with Crippen molar-refractivity contribution >= 4 is 0 Å². The summed E-state index contributed by atoms with van der Waals surface area (Å²) in [6, 6.07) is 9.60. The summed E-state index contributed by atoms with van der Waals surface area (Å²) in [4.78, 5) is 0. The van der Waals surface area contributed by atoms with Gasteiger partial charge in [0, 0.05) is 0 Å². The molecule has 0 aromatic heterocycles. The standard InChI is InChI=1S/C20H24.2FH.Ti/c1-3-7-19-15(5-1)9-11-17(19)13-14-18-12-10-16-6-2-4-8-20(16)18;;;/h9-12H,1-8,13-14H2;2*1H;/q-2;;;+2/p-2. The molecular weight excluding hydrogens is 326 g/mol.